The standard InChI is InChI=1S/C17H23ClN2O2S2/c18-17-4-3-15(24-17)11-20-7-5-19(6-8-20)10-14(21)12-22-13-16-2-1-9-23-16/h1-4,9,14,21H,5-8,10-13H2. The average Bonchev–Trinajstić information content (AvgIpc) is 3.21. The van der Waals surface area contributed by atoms with E-state index in [1.54, 1.807) is 22.7 Å². The summed E-state index contributed by atoms with van der Waals surface area (Å²) in [5, 5.41) is 12.2. The van der Waals surface area contributed by atoms with E-state index < -0.39 is 6.10 Å². The van der Waals surface area contributed by atoms with Gasteiger partial charge in [0.05, 0.1) is 23.7 Å². The summed E-state index contributed by atoms with van der Waals surface area (Å²) in [6.07, 6.45) is -0.424. The monoisotopic (exact) mass is 386 g/mol. The van der Waals surface area contributed by atoms with E-state index in [1.165, 1.54) is 9.75 Å². The number of aliphatic hydroxyl groups is 1. The Morgan fingerprint density at radius 3 is 2.58 bits per heavy atom. The molecular weight excluding hydrogens is 364 g/mol. The summed E-state index contributed by atoms with van der Waals surface area (Å²) in [6, 6.07) is 8.14. The van der Waals surface area contributed by atoms with Crippen molar-refractivity contribution in [2.75, 3.05) is 39.3 Å². The lowest BCUT2D eigenvalue weighted by Gasteiger charge is -2.35. The normalized spacial score (nSPS) is 18.1. The third kappa shape index (κ3) is 5.81. The number of hydrogen-bond donors (Lipinski definition) is 1. The summed E-state index contributed by atoms with van der Waals surface area (Å²) in [5.41, 5.74) is 0. The second-order valence-corrected chi connectivity index (χ2v) is 8.86. The molecule has 0 bridgehead atoms. The van der Waals surface area contributed by atoms with Gasteiger partial charge < -0.3 is 9.84 Å². The highest BCUT2D eigenvalue weighted by atomic mass is 35.5. The number of hydrogen-bond acceptors (Lipinski definition) is 6. The zero-order valence-corrected chi connectivity index (χ0v) is 16.0. The number of rotatable bonds is 8. The molecule has 24 heavy (non-hydrogen) atoms. The number of thiophene rings is 2. The van der Waals surface area contributed by atoms with Crippen molar-refractivity contribution in [1.82, 2.24) is 9.80 Å². The Balaban J connectivity index is 1.31. The van der Waals surface area contributed by atoms with Crippen molar-refractivity contribution < 1.29 is 9.84 Å². The maximum absolute atomic E-state index is 10.1. The van der Waals surface area contributed by atoms with Crippen molar-refractivity contribution >= 4 is 34.3 Å². The van der Waals surface area contributed by atoms with Crippen LogP contribution >= 0.6 is 34.3 Å². The van der Waals surface area contributed by atoms with Gasteiger partial charge in [-0.1, -0.05) is 17.7 Å². The van der Waals surface area contributed by atoms with Crippen LogP contribution in [0.25, 0.3) is 0 Å². The molecule has 3 rings (SSSR count). The molecular formula is C17H23ClN2O2S2. The third-order valence-corrected chi connectivity index (χ3v) is 6.14. The van der Waals surface area contributed by atoms with Gasteiger partial charge in [0.15, 0.2) is 0 Å². The number of nitrogens with zero attached hydrogens (tertiary/aromatic N) is 2. The molecule has 1 unspecified atom stereocenters. The highest BCUT2D eigenvalue weighted by molar-refractivity contribution is 7.16. The first-order chi connectivity index (χ1) is 11.7. The zero-order valence-electron chi connectivity index (χ0n) is 13.6. The molecule has 1 saturated heterocycles. The average molecular weight is 387 g/mol. The SMILES string of the molecule is OC(COCc1cccs1)CN1CCN(Cc2ccc(Cl)s2)CC1. The van der Waals surface area contributed by atoms with Crippen LogP contribution < -0.4 is 0 Å². The van der Waals surface area contributed by atoms with Gasteiger partial charge in [-0.15, -0.1) is 22.7 Å². The number of piperazine rings is 1. The molecule has 7 heteroatoms. The van der Waals surface area contributed by atoms with Gasteiger partial charge in [-0.05, 0) is 23.6 Å². The van der Waals surface area contributed by atoms with Crippen LogP contribution in [-0.2, 0) is 17.9 Å². The molecule has 2 aromatic heterocycles. The molecule has 132 valence electrons. The van der Waals surface area contributed by atoms with E-state index in [9.17, 15) is 5.11 Å². The van der Waals surface area contributed by atoms with Gasteiger partial charge in [-0.25, -0.2) is 0 Å². The zero-order chi connectivity index (χ0) is 16.8. The van der Waals surface area contributed by atoms with Crippen LogP contribution in [0.5, 0.6) is 0 Å². The third-order valence-electron chi connectivity index (χ3n) is 4.08. The maximum atomic E-state index is 10.1. The van der Waals surface area contributed by atoms with Crippen LogP contribution in [0.4, 0.5) is 0 Å². The molecule has 3 heterocycles. The number of β-amino-alcohol motifs (C(OH)–C–C–N with tert-alkyl or cyclic N) is 1. The Bertz CT molecular complexity index is 598. The largest absolute Gasteiger partial charge is 0.389 e. The van der Waals surface area contributed by atoms with Crippen LogP contribution in [-0.4, -0.2) is 60.3 Å². The van der Waals surface area contributed by atoms with E-state index in [2.05, 4.69) is 21.9 Å². The van der Waals surface area contributed by atoms with E-state index in [1.807, 2.05) is 17.5 Å². The van der Waals surface area contributed by atoms with E-state index in [4.69, 9.17) is 16.3 Å². The molecule has 0 saturated carbocycles. The maximum Gasteiger partial charge on any atom is 0.0931 e. The minimum atomic E-state index is -0.424. The summed E-state index contributed by atoms with van der Waals surface area (Å²) >= 11 is 9.32. The first-order valence-corrected chi connectivity index (χ1v) is 10.2. The quantitative estimate of drug-likeness (QED) is 0.756. The van der Waals surface area contributed by atoms with Gasteiger partial charge in [0.25, 0.3) is 0 Å². The lowest BCUT2D eigenvalue weighted by atomic mass is 10.2. The van der Waals surface area contributed by atoms with Crippen molar-refractivity contribution in [3.05, 3.63) is 43.7 Å². The fourth-order valence-electron chi connectivity index (χ4n) is 2.83. The van der Waals surface area contributed by atoms with Crippen molar-refractivity contribution in [3.63, 3.8) is 0 Å². The molecule has 1 N–H and O–H groups in total. The summed E-state index contributed by atoms with van der Waals surface area (Å²) in [5.74, 6) is 0. The molecule has 0 aliphatic carbocycles. The van der Waals surface area contributed by atoms with Crippen LogP contribution in [0.3, 0.4) is 0 Å². The highest BCUT2D eigenvalue weighted by Crippen LogP contribution is 2.23. The number of halogens is 1. The van der Waals surface area contributed by atoms with Crippen LogP contribution in [0.2, 0.25) is 4.34 Å². The van der Waals surface area contributed by atoms with E-state index in [0.29, 0.717) is 19.8 Å². The number of aliphatic hydroxyl groups excluding tert-OH is 1. The second kappa shape index (κ2) is 9.29. The molecule has 1 fully saturated rings. The molecule has 4 nitrogen and oxygen atoms in total. The summed E-state index contributed by atoms with van der Waals surface area (Å²) in [7, 11) is 0. The topological polar surface area (TPSA) is 35.9 Å². The fourth-order valence-corrected chi connectivity index (χ4v) is 4.60. The van der Waals surface area contributed by atoms with Crippen LogP contribution in [0, 0.1) is 0 Å². The van der Waals surface area contributed by atoms with Crippen molar-refractivity contribution in [3.8, 4) is 0 Å². The van der Waals surface area contributed by atoms with Gasteiger partial charge in [0.2, 0.25) is 0 Å². The van der Waals surface area contributed by atoms with Crippen molar-refractivity contribution in [2.24, 2.45) is 0 Å². The van der Waals surface area contributed by atoms with Gasteiger partial charge in [-0.3, -0.25) is 9.80 Å². The molecule has 0 radical (unpaired) electrons. The predicted octanol–water partition coefficient (Wildman–Crippen LogP) is 3.16. The molecule has 1 aliphatic heterocycles. The lowest BCUT2D eigenvalue weighted by molar-refractivity contribution is 0.00159. The van der Waals surface area contributed by atoms with E-state index >= 15 is 0 Å². The van der Waals surface area contributed by atoms with Crippen molar-refractivity contribution in [2.45, 2.75) is 19.3 Å². The van der Waals surface area contributed by atoms with Crippen LogP contribution in [0.15, 0.2) is 29.6 Å². The first-order valence-electron chi connectivity index (χ1n) is 8.16. The minimum Gasteiger partial charge on any atom is -0.389 e. The van der Waals surface area contributed by atoms with Gasteiger partial charge >= 0.3 is 0 Å². The molecule has 1 aliphatic rings. The van der Waals surface area contributed by atoms with Gasteiger partial charge in [0, 0.05) is 49.0 Å². The van der Waals surface area contributed by atoms with Gasteiger partial charge in [-0.2, -0.15) is 0 Å². The summed E-state index contributed by atoms with van der Waals surface area (Å²) < 4.78 is 6.45. The molecule has 0 aromatic carbocycles. The van der Waals surface area contributed by atoms with E-state index in [-0.39, 0.29) is 0 Å². The Morgan fingerprint density at radius 1 is 1.12 bits per heavy atom. The molecule has 0 spiro atoms. The van der Waals surface area contributed by atoms with Crippen molar-refractivity contribution in [1.29, 1.82) is 0 Å². The molecule has 1 atom stereocenters. The molecule has 0 amide bonds. The van der Waals surface area contributed by atoms with Crippen LogP contribution in [0.1, 0.15) is 9.75 Å². The first kappa shape index (κ1) is 18.3. The lowest BCUT2D eigenvalue weighted by Crippen LogP contribution is -2.48. The highest BCUT2D eigenvalue weighted by Gasteiger charge is 2.19. The Morgan fingerprint density at radius 2 is 1.92 bits per heavy atom. The minimum absolute atomic E-state index is 0.395. The summed E-state index contributed by atoms with van der Waals surface area (Å²) in [6.45, 7) is 6.66. The number of ether oxygens (including phenoxy) is 1. The van der Waals surface area contributed by atoms with Gasteiger partial charge in [0.1, 0.15) is 0 Å². The Kier molecular flexibility index (Phi) is 7.09. The van der Waals surface area contributed by atoms with E-state index in [0.717, 1.165) is 37.1 Å². The molecule has 2 aromatic rings. The fraction of sp³-hybridized carbons (Fsp3) is 0.529. The smallest absolute Gasteiger partial charge is 0.0931 e. The Labute approximate surface area is 156 Å². The second-order valence-electron chi connectivity index (χ2n) is 6.03. The predicted molar refractivity (Wildman–Crippen MR) is 101 cm³/mol. The summed E-state index contributed by atoms with van der Waals surface area (Å²) in [4.78, 5) is 7.27. The Hall–Kier alpha value is -0.470.